The first-order valence-electron chi connectivity index (χ1n) is 11.1. The number of Topliss-reactive ketones (excluding diaryl/α,β-unsaturated/α-hetero) is 1. The van der Waals surface area contributed by atoms with E-state index in [0.717, 1.165) is 23.5 Å². The normalized spacial score (nSPS) is 10.9. The number of hydrogen-bond acceptors (Lipinski definition) is 5. The molecule has 0 fully saturated rings. The molecule has 0 aromatic carbocycles. The molecule has 0 bridgehead atoms. The lowest BCUT2D eigenvalue weighted by Gasteiger charge is -2.02. The summed E-state index contributed by atoms with van der Waals surface area (Å²) >= 11 is 3.25. The monoisotopic (exact) mass is 426 g/mol. The summed E-state index contributed by atoms with van der Waals surface area (Å²) in [6.07, 6.45) is 15.2. The number of carbonyl (C=O) groups is 2. The third-order valence-corrected chi connectivity index (χ3v) is 6.86. The molecule has 28 heavy (non-hydrogen) atoms. The minimum absolute atomic E-state index is 0.128. The highest BCUT2D eigenvalue weighted by Crippen LogP contribution is 2.27. The van der Waals surface area contributed by atoms with E-state index in [-0.39, 0.29) is 12.2 Å². The zero-order valence-electron chi connectivity index (χ0n) is 17.8. The van der Waals surface area contributed by atoms with Crippen molar-refractivity contribution < 1.29 is 14.3 Å². The molecule has 0 aliphatic rings. The van der Waals surface area contributed by atoms with Crippen molar-refractivity contribution in [3.8, 4) is 0 Å². The molecule has 3 nitrogen and oxygen atoms in total. The maximum Gasteiger partial charge on any atom is 0.313 e. The molecule has 0 atom stereocenters. The number of ketones is 1. The average Bonchev–Trinajstić information content (AvgIpc) is 3.15. The fourth-order valence-corrected chi connectivity index (χ4v) is 4.91. The van der Waals surface area contributed by atoms with Crippen LogP contribution in [-0.2, 0) is 9.53 Å². The second kappa shape index (κ2) is 17.1. The summed E-state index contributed by atoms with van der Waals surface area (Å²) in [4.78, 5) is 25.6. The highest BCUT2D eigenvalue weighted by molar-refractivity contribution is 7.99. The highest BCUT2D eigenvalue weighted by Gasteiger charge is 2.15. The van der Waals surface area contributed by atoms with E-state index in [0.29, 0.717) is 11.5 Å². The SMILES string of the molecule is CCCCCCCCCCCCSc1csc(C(=O)CC(=O)OCCCC)c1. The Morgan fingerprint density at radius 3 is 2.14 bits per heavy atom. The van der Waals surface area contributed by atoms with Gasteiger partial charge < -0.3 is 4.74 Å². The van der Waals surface area contributed by atoms with E-state index < -0.39 is 5.97 Å². The molecule has 0 aliphatic heterocycles. The second-order valence-electron chi connectivity index (χ2n) is 7.35. The molecular weight excluding hydrogens is 388 g/mol. The average molecular weight is 427 g/mol. The van der Waals surface area contributed by atoms with E-state index in [1.54, 1.807) is 0 Å². The van der Waals surface area contributed by atoms with Crippen molar-refractivity contribution in [2.24, 2.45) is 0 Å². The van der Waals surface area contributed by atoms with Gasteiger partial charge in [-0.1, -0.05) is 78.1 Å². The summed E-state index contributed by atoms with van der Waals surface area (Å²) in [5, 5.41) is 2.02. The molecule has 0 aliphatic carbocycles. The minimum Gasteiger partial charge on any atom is -0.465 e. The van der Waals surface area contributed by atoms with E-state index in [1.807, 2.05) is 30.1 Å². The Kier molecular flexibility index (Phi) is 15.4. The van der Waals surface area contributed by atoms with E-state index in [9.17, 15) is 9.59 Å². The molecule has 0 amide bonds. The van der Waals surface area contributed by atoms with E-state index in [4.69, 9.17) is 4.74 Å². The lowest BCUT2D eigenvalue weighted by Crippen LogP contribution is -2.11. The minimum atomic E-state index is -0.411. The first-order valence-corrected chi connectivity index (χ1v) is 12.9. The zero-order valence-corrected chi connectivity index (χ0v) is 19.4. The summed E-state index contributed by atoms with van der Waals surface area (Å²) in [5.41, 5.74) is 0. The van der Waals surface area contributed by atoms with Gasteiger partial charge in [-0.25, -0.2) is 0 Å². The number of thiophene rings is 1. The van der Waals surface area contributed by atoms with Crippen molar-refractivity contribution in [2.45, 2.75) is 102 Å². The fourth-order valence-electron chi connectivity index (χ4n) is 2.92. The standard InChI is InChI=1S/C23H38O3S2/c1-3-5-7-8-9-10-11-12-13-14-16-27-20-17-22(28-19-20)21(24)18-23(25)26-15-6-4-2/h17,19H,3-16,18H2,1-2H3. The molecule has 1 aromatic heterocycles. The van der Waals surface area contributed by atoms with Gasteiger partial charge in [-0.15, -0.1) is 23.1 Å². The molecule has 0 unspecified atom stereocenters. The Morgan fingerprint density at radius 1 is 0.893 bits per heavy atom. The maximum atomic E-state index is 12.2. The van der Waals surface area contributed by atoms with Crippen molar-refractivity contribution >= 4 is 34.9 Å². The predicted molar refractivity (Wildman–Crippen MR) is 122 cm³/mol. The van der Waals surface area contributed by atoms with Crippen molar-refractivity contribution in [1.29, 1.82) is 0 Å². The van der Waals surface area contributed by atoms with Gasteiger partial charge in [0.05, 0.1) is 11.5 Å². The van der Waals surface area contributed by atoms with Crippen LogP contribution in [0, 0.1) is 0 Å². The first-order chi connectivity index (χ1) is 13.7. The molecule has 0 spiro atoms. The Labute approximate surface area is 180 Å². The molecule has 160 valence electrons. The Morgan fingerprint density at radius 2 is 1.50 bits per heavy atom. The van der Waals surface area contributed by atoms with Crippen molar-refractivity contribution in [3.05, 3.63) is 16.3 Å². The van der Waals surface area contributed by atoms with Crippen LogP contribution in [0.15, 0.2) is 16.3 Å². The van der Waals surface area contributed by atoms with Gasteiger partial charge in [0.2, 0.25) is 0 Å². The number of ether oxygens (including phenoxy) is 1. The maximum absolute atomic E-state index is 12.2. The van der Waals surface area contributed by atoms with Crippen LogP contribution in [0.2, 0.25) is 0 Å². The molecule has 5 heteroatoms. The van der Waals surface area contributed by atoms with Crippen molar-refractivity contribution in [1.82, 2.24) is 0 Å². The third kappa shape index (κ3) is 12.6. The Hall–Kier alpha value is -0.810. The van der Waals surface area contributed by atoms with Crippen LogP contribution in [-0.4, -0.2) is 24.1 Å². The van der Waals surface area contributed by atoms with Gasteiger partial charge in [0.1, 0.15) is 6.42 Å². The molecule has 0 saturated heterocycles. The van der Waals surface area contributed by atoms with Crippen LogP contribution in [0.4, 0.5) is 0 Å². The summed E-state index contributed by atoms with van der Waals surface area (Å²) < 4.78 is 5.07. The van der Waals surface area contributed by atoms with Gasteiger partial charge in [-0.3, -0.25) is 9.59 Å². The Bertz CT molecular complexity index is 540. The molecule has 1 rings (SSSR count). The molecular formula is C23H38O3S2. The van der Waals surface area contributed by atoms with Gasteiger partial charge in [-0.05, 0) is 24.7 Å². The number of thioether (sulfide) groups is 1. The number of esters is 1. The number of carbonyl (C=O) groups excluding carboxylic acids is 2. The quantitative estimate of drug-likeness (QED) is 0.0793. The van der Waals surface area contributed by atoms with Crippen molar-refractivity contribution in [2.75, 3.05) is 12.4 Å². The van der Waals surface area contributed by atoms with Crippen LogP contribution >= 0.6 is 23.1 Å². The van der Waals surface area contributed by atoms with Gasteiger partial charge in [-0.2, -0.15) is 0 Å². The highest BCUT2D eigenvalue weighted by atomic mass is 32.2. The first kappa shape index (κ1) is 25.2. The number of unbranched alkanes of at least 4 members (excludes halogenated alkanes) is 10. The molecule has 1 aromatic rings. The lowest BCUT2D eigenvalue weighted by molar-refractivity contribution is -0.142. The fraction of sp³-hybridized carbons (Fsp3) is 0.739. The van der Waals surface area contributed by atoms with E-state index >= 15 is 0 Å². The Balaban J connectivity index is 2.07. The summed E-state index contributed by atoms with van der Waals surface area (Å²) in [6.45, 7) is 4.71. The van der Waals surface area contributed by atoms with Crippen molar-refractivity contribution in [3.63, 3.8) is 0 Å². The van der Waals surface area contributed by atoms with Gasteiger partial charge in [0, 0.05) is 10.3 Å². The van der Waals surface area contributed by atoms with Crippen LogP contribution in [0.1, 0.15) is 107 Å². The topological polar surface area (TPSA) is 43.4 Å². The zero-order chi connectivity index (χ0) is 20.5. The molecule has 1 heterocycles. The smallest absolute Gasteiger partial charge is 0.313 e. The van der Waals surface area contributed by atoms with E-state index in [2.05, 4.69) is 6.92 Å². The van der Waals surface area contributed by atoms with Crippen LogP contribution in [0.3, 0.4) is 0 Å². The summed E-state index contributed by atoms with van der Waals surface area (Å²) in [6, 6.07) is 1.92. The second-order valence-corrected chi connectivity index (χ2v) is 9.43. The van der Waals surface area contributed by atoms with Crippen LogP contribution in [0.25, 0.3) is 0 Å². The van der Waals surface area contributed by atoms with Crippen LogP contribution in [0.5, 0.6) is 0 Å². The lowest BCUT2D eigenvalue weighted by atomic mass is 10.1. The molecule has 0 radical (unpaired) electrons. The molecule has 0 saturated carbocycles. The van der Waals surface area contributed by atoms with E-state index in [1.165, 1.54) is 75.5 Å². The van der Waals surface area contributed by atoms with Crippen LogP contribution < -0.4 is 0 Å². The van der Waals surface area contributed by atoms with Gasteiger partial charge >= 0.3 is 5.97 Å². The summed E-state index contributed by atoms with van der Waals surface area (Å²) in [7, 11) is 0. The molecule has 0 N–H and O–H groups in total. The number of rotatable bonds is 18. The predicted octanol–water partition coefficient (Wildman–Crippen LogP) is 7.68. The van der Waals surface area contributed by atoms with Gasteiger partial charge in [0.15, 0.2) is 5.78 Å². The number of hydrogen-bond donors (Lipinski definition) is 0. The summed E-state index contributed by atoms with van der Waals surface area (Å²) in [5.74, 6) is 0.559. The van der Waals surface area contributed by atoms with Gasteiger partial charge in [0.25, 0.3) is 0 Å². The largest absolute Gasteiger partial charge is 0.465 e. The third-order valence-electron chi connectivity index (χ3n) is 4.68.